The van der Waals surface area contributed by atoms with E-state index in [1.165, 1.54) is 19.4 Å². The summed E-state index contributed by atoms with van der Waals surface area (Å²) < 4.78 is 17.9. The molecule has 1 N–H and O–H groups in total. The van der Waals surface area contributed by atoms with Crippen molar-refractivity contribution in [2.45, 2.75) is 6.92 Å². The van der Waals surface area contributed by atoms with E-state index in [1.807, 2.05) is 0 Å². The molecule has 1 aromatic heterocycles. The van der Waals surface area contributed by atoms with Crippen LogP contribution in [0.4, 0.5) is 15.2 Å². The second-order valence-corrected chi connectivity index (χ2v) is 4.59. The largest absolute Gasteiger partial charge is 0.465 e. The average Bonchev–Trinajstić information content (AvgIpc) is 2.82. The van der Waals surface area contributed by atoms with Gasteiger partial charge in [-0.25, -0.2) is 14.2 Å². The number of nitrogens with zero attached hydrogens (tertiary/aromatic N) is 1. The van der Waals surface area contributed by atoms with Gasteiger partial charge in [-0.15, -0.1) is 0 Å². The first-order chi connectivity index (χ1) is 8.61. The Labute approximate surface area is 107 Å². The van der Waals surface area contributed by atoms with Gasteiger partial charge in [0, 0.05) is 11.3 Å². The van der Waals surface area contributed by atoms with Gasteiger partial charge in [-0.05, 0) is 19.1 Å². The molecule has 18 heavy (non-hydrogen) atoms. The van der Waals surface area contributed by atoms with Gasteiger partial charge in [-0.2, -0.15) is 0 Å². The van der Waals surface area contributed by atoms with Crippen LogP contribution < -0.4 is 5.32 Å². The molecule has 0 unspecified atom stereocenters. The Kier molecular flexibility index (Phi) is 3.57. The van der Waals surface area contributed by atoms with Crippen molar-refractivity contribution >= 4 is 28.1 Å². The molecule has 0 saturated carbocycles. The fourth-order valence-corrected chi connectivity index (χ4v) is 2.13. The molecule has 2 aromatic rings. The number of esters is 1. The Bertz CT molecular complexity index is 583. The summed E-state index contributed by atoms with van der Waals surface area (Å²) in [7, 11) is 1.31. The maximum Gasteiger partial charge on any atom is 0.349 e. The van der Waals surface area contributed by atoms with Crippen LogP contribution in [0.15, 0.2) is 24.4 Å². The van der Waals surface area contributed by atoms with Gasteiger partial charge in [0.2, 0.25) is 0 Å². The molecule has 4 nitrogen and oxygen atoms in total. The lowest BCUT2D eigenvalue weighted by Crippen LogP contribution is -1.96. The minimum absolute atomic E-state index is 0.287. The Balaban J connectivity index is 2.21. The Morgan fingerprint density at radius 1 is 1.50 bits per heavy atom. The second kappa shape index (κ2) is 5.14. The molecule has 0 radical (unpaired) electrons. The van der Waals surface area contributed by atoms with Crippen molar-refractivity contribution in [3.8, 4) is 0 Å². The Morgan fingerprint density at radius 3 is 3.00 bits per heavy atom. The van der Waals surface area contributed by atoms with Gasteiger partial charge >= 0.3 is 5.97 Å². The number of nitrogens with one attached hydrogen (secondary N) is 1. The first-order valence-corrected chi connectivity index (χ1v) is 5.99. The number of benzene rings is 1. The van der Waals surface area contributed by atoms with Crippen molar-refractivity contribution < 1.29 is 13.9 Å². The van der Waals surface area contributed by atoms with E-state index in [2.05, 4.69) is 15.0 Å². The molecule has 94 valence electrons. The standard InChI is InChI=1S/C12H11FN2O2S/c1-7-8(13)4-3-5-9(7)15-12-14-6-10(18-12)11(16)17-2/h3-6H,1-2H3,(H,14,15). The molecule has 2 rings (SSSR count). The highest BCUT2D eigenvalue weighted by molar-refractivity contribution is 7.17. The van der Waals surface area contributed by atoms with Gasteiger partial charge in [0.1, 0.15) is 10.7 Å². The van der Waals surface area contributed by atoms with Gasteiger partial charge in [0.15, 0.2) is 5.13 Å². The number of halogens is 1. The summed E-state index contributed by atoms with van der Waals surface area (Å²) in [6, 6.07) is 4.75. The number of carbonyl (C=O) groups is 1. The highest BCUT2D eigenvalue weighted by Crippen LogP contribution is 2.26. The zero-order chi connectivity index (χ0) is 13.1. The number of rotatable bonds is 3. The smallest absolute Gasteiger partial charge is 0.349 e. The molecule has 0 aliphatic heterocycles. The van der Waals surface area contributed by atoms with Crippen LogP contribution in [0.2, 0.25) is 0 Å². The third kappa shape index (κ3) is 2.48. The molecule has 6 heteroatoms. The summed E-state index contributed by atoms with van der Waals surface area (Å²) in [5, 5.41) is 3.49. The molecule has 0 atom stereocenters. The number of thiazole rings is 1. The molecule has 0 saturated heterocycles. The topological polar surface area (TPSA) is 51.2 Å². The van der Waals surface area contributed by atoms with Gasteiger partial charge in [0.25, 0.3) is 0 Å². The molecule has 0 bridgehead atoms. The molecule has 1 aromatic carbocycles. The fourth-order valence-electron chi connectivity index (χ4n) is 1.38. The number of carbonyl (C=O) groups excluding carboxylic acids is 1. The maximum atomic E-state index is 13.3. The van der Waals surface area contributed by atoms with E-state index >= 15 is 0 Å². The third-order valence-electron chi connectivity index (χ3n) is 2.40. The summed E-state index contributed by atoms with van der Waals surface area (Å²) in [6.45, 7) is 1.67. The lowest BCUT2D eigenvalue weighted by atomic mass is 10.2. The van der Waals surface area contributed by atoms with E-state index < -0.39 is 5.97 Å². The lowest BCUT2D eigenvalue weighted by Gasteiger charge is -2.06. The molecule has 1 heterocycles. The van der Waals surface area contributed by atoms with Gasteiger partial charge < -0.3 is 10.1 Å². The summed E-state index contributed by atoms with van der Waals surface area (Å²) in [6.07, 6.45) is 1.42. The van der Waals surface area contributed by atoms with E-state index in [0.29, 0.717) is 21.3 Å². The summed E-state index contributed by atoms with van der Waals surface area (Å²) in [5.74, 6) is -0.721. The maximum absolute atomic E-state index is 13.3. The molecule has 0 fully saturated rings. The first-order valence-electron chi connectivity index (χ1n) is 5.18. The molecule has 0 aliphatic carbocycles. The molecule has 0 spiro atoms. The summed E-state index contributed by atoms with van der Waals surface area (Å²) in [4.78, 5) is 15.7. The van der Waals surface area contributed by atoms with E-state index in [1.54, 1.807) is 19.1 Å². The molecule has 0 amide bonds. The molecular weight excluding hydrogens is 255 g/mol. The molecular formula is C12H11FN2O2S. The highest BCUT2D eigenvalue weighted by Gasteiger charge is 2.11. The van der Waals surface area contributed by atoms with Crippen LogP contribution in [0.1, 0.15) is 15.2 Å². The minimum atomic E-state index is -0.434. The fraction of sp³-hybridized carbons (Fsp3) is 0.167. The Hall–Kier alpha value is -1.95. The van der Waals surface area contributed by atoms with Crippen LogP contribution in [-0.2, 0) is 4.74 Å². The normalized spacial score (nSPS) is 10.2. The summed E-state index contributed by atoms with van der Waals surface area (Å²) in [5.41, 5.74) is 1.13. The van der Waals surface area contributed by atoms with Crippen molar-refractivity contribution in [3.05, 3.63) is 40.7 Å². The van der Waals surface area contributed by atoms with E-state index in [0.717, 1.165) is 11.3 Å². The highest BCUT2D eigenvalue weighted by atomic mass is 32.1. The number of hydrogen-bond acceptors (Lipinski definition) is 5. The number of anilines is 2. The van der Waals surface area contributed by atoms with Gasteiger partial charge in [-0.3, -0.25) is 0 Å². The van der Waals surface area contributed by atoms with Gasteiger partial charge in [-0.1, -0.05) is 17.4 Å². The van der Waals surface area contributed by atoms with Crippen LogP contribution in [0, 0.1) is 12.7 Å². The number of aromatic nitrogens is 1. The zero-order valence-electron chi connectivity index (χ0n) is 9.86. The number of ether oxygens (including phenoxy) is 1. The number of hydrogen-bond donors (Lipinski definition) is 1. The monoisotopic (exact) mass is 266 g/mol. The third-order valence-corrected chi connectivity index (χ3v) is 3.29. The zero-order valence-corrected chi connectivity index (χ0v) is 10.7. The van der Waals surface area contributed by atoms with Crippen molar-refractivity contribution in [3.63, 3.8) is 0 Å². The van der Waals surface area contributed by atoms with Crippen LogP contribution in [0.25, 0.3) is 0 Å². The SMILES string of the molecule is COC(=O)c1cnc(Nc2cccc(F)c2C)s1. The second-order valence-electron chi connectivity index (χ2n) is 3.56. The van der Waals surface area contributed by atoms with Crippen LogP contribution >= 0.6 is 11.3 Å². The number of methoxy groups -OCH3 is 1. The van der Waals surface area contributed by atoms with Gasteiger partial charge in [0.05, 0.1) is 13.3 Å². The minimum Gasteiger partial charge on any atom is -0.465 e. The first kappa shape index (κ1) is 12.5. The average molecular weight is 266 g/mol. The summed E-state index contributed by atoms with van der Waals surface area (Å²) >= 11 is 1.16. The van der Waals surface area contributed by atoms with Crippen molar-refractivity contribution in [2.24, 2.45) is 0 Å². The lowest BCUT2D eigenvalue weighted by molar-refractivity contribution is 0.0606. The van der Waals surface area contributed by atoms with E-state index in [4.69, 9.17) is 0 Å². The van der Waals surface area contributed by atoms with Crippen molar-refractivity contribution in [1.82, 2.24) is 4.98 Å². The molecule has 0 aliphatic rings. The Morgan fingerprint density at radius 2 is 2.28 bits per heavy atom. The van der Waals surface area contributed by atoms with Crippen molar-refractivity contribution in [2.75, 3.05) is 12.4 Å². The van der Waals surface area contributed by atoms with Crippen LogP contribution in [0.5, 0.6) is 0 Å². The van der Waals surface area contributed by atoms with E-state index in [9.17, 15) is 9.18 Å². The van der Waals surface area contributed by atoms with Crippen LogP contribution in [-0.4, -0.2) is 18.1 Å². The van der Waals surface area contributed by atoms with Crippen molar-refractivity contribution in [1.29, 1.82) is 0 Å². The van der Waals surface area contributed by atoms with Crippen LogP contribution in [0.3, 0.4) is 0 Å². The quantitative estimate of drug-likeness (QED) is 0.867. The predicted molar refractivity (Wildman–Crippen MR) is 67.9 cm³/mol. The predicted octanol–water partition coefficient (Wildman–Crippen LogP) is 3.12. The van der Waals surface area contributed by atoms with E-state index in [-0.39, 0.29) is 5.82 Å².